The molecule has 1 saturated carbocycles. The fourth-order valence-electron chi connectivity index (χ4n) is 2.13. The van der Waals surface area contributed by atoms with Crippen LogP contribution in [0, 0.1) is 6.92 Å². The van der Waals surface area contributed by atoms with Crippen LogP contribution in [-0.2, 0) is 10.0 Å². The van der Waals surface area contributed by atoms with Crippen LogP contribution in [0.5, 0.6) is 0 Å². The molecule has 0 spiro atoms. The first kappa shape index (κ1) is 14.7. The monoisotopic (exact) mass is 294 g/mol. The van der Waals surface area contributed by atoms with E-state index in [2.05, 4.69) is 6.58 Å². The lowest BCUT2D eigenvalue weighted by atomic mass is 10.1. The quantitative estimate of drug-likeness (QED) is 0.834. The van der Waals surface area contributed by atoms with Gasteiger partial charge in [-0.05, 0) is 43.5 Å². The summed E-state index contributed by atoms with van der Waals surface area (Å²) in [5.41, 5.74) is 1.11. The van der Waals surface area contributed by atoms with Gasteiger partial charge in [-0.1, -0.05) is 6.08 Å². The van der Waals surface area contributed by atoms with E-state index in [-0.39, 0.29) is 16.8 Å². The van der Waals surface area contributed by atoms with Gasteiger partial charge in [0.05, 0.1) is 4.90 Å². The number of hydrogen-bond donors (Lipinski definition) is 1. The molecule has 2 rings (SSSR count). The summed E-state index contributed by atoms with van der Waals surface area (Å²) in [6.45, 7) is 5.87. The van der Waals surface area contributed by atoms with Gasteiger partial charge in [-0.25, -0.2) is 13.6 Å². The zero-order valence-corrected chi connectivity index (χ0v) is 12.2. The Kier molecular flexibility index (Phi) is 3.96. The molecule has 108 valence electrons. The van der Waals surface area contributed by atoms with Gasteiger partial charge in [-0.2, -0.15) is 0 Å². The standard InChI is InChI=1S/C14H18N2O3S/c1-3-8-16(11-4-5-11)14(17)13-7-6-12(9-10(13)2)20(15,18)19/h3,6-7,9,11H,1,4-5,8H2,2H3,(H2,15,18,19). The van der Waals surface area contributed by atoms with Crippen molar-refractivity contribution in [1.82, 2.24) is 4.90 Å². The fraction of sp³-hybridized carbons (Fsp3) is 0.357. The third kappa shape index (κ3) is 3.08. The molecule has 0 radical (unpaired) electrons. The van der Waals surface area contributed by atoms with E-state index in [1.165, 1.54) is 18.2 Å². The van der Waals surface area contributed by atoms with Crippen molar-refractivity contribution in [2.45, 2.75) is 30.7 Å². The Morgan fingerprint density at radius 2 is 2.15 bits per heavy atom. The van der Waals surface area contributed by atoms with Gasteiger partial charge in [0.15, 0.2) is 0 Å². The summed E-state index contributed by atoms with van der Waals surface area (Å²) in [5, 5.41) is 5.08. The molecule has 5 nitrogen and oxygen atoms in total. The van der Waals surface area contributed by atoms with Gasteiger partial charge in [-0.3, -0.25) is 4.79 Å². The van der Waals surface area contributed by atoms with Crippen LogP contribution in [0.15, 0.2) is 35.7 Å². The summed E-state index contributed by atoms with van der Waals surface area (Å²) in [7, 11) is -3.74. The van der Waals surface area contributed by atoms with Crippen LogP contribution in [0.1, 0.15) is 28.8 Å². The number of nitrogens with zero attached hydrogens (tertiary/aromatic N) is 1. The summed E-state index contributed by atoms with van der Waals surface area (Å²) in [5.74, 6) is -0.0918. The molecule has 0 heterocycles. The van der Waals surface area contributed by atoms with Gasteiger partial charge >= 0.3 is 0 Å². The predicted octanol–water partition coefficient (Wildman–Crippen LogP) is 1.43. The molecule has 0 atom stereocenters. The number of amides is 1. The van der Waals surface area contributed by atoms with E-state index in [1.54, 1.807) is 17.9 Å². The molecule has 6 heteroatoms. The third-order valence-corrected chi connectivity index (χ3v) is 4.24. The Morgan fingerprint density at radius 1 is 1.50 bits per heavy atom. The molecule has 2 N–H and O–H groups in total. The van der Waals surface area contributed by atoms with Crippen molar-refractivity contribution < 1.29 is 13.2 Å². The van der Waals surface area contributed by atoms with Crippen molar-refractivity contribution in [2.24, 2.45) is 5.14 Å². The molecule has 1 aromatic rings. The summed E-state index contributed by atoms with van der Waals surface area (Å²) >= 11 is 0. The number of hydrogen-bond acceptors (Lipinski definition) is 3. The van der Waals surface area contributed by atoms with Crippen LogP contribution >= 0.6 is 0 Å². The highest BCUT2D eigenvalue weighted by molar-refractivity contribution is 7.89. The fourth-order valence-corrected chi connectivity index (χ4v) is 2.73. The maximum Gasteiger partial charge on any atom is 0.254 e. The van der Waals surface area contributed by atoms with Gasteiger partial charge in [0.25, 0.3) is 5.91 Å². The average Bonchev–Trinajstić information content (AvgIpc) is 3.18. The average molecular weight is 294 g/mol. The van der Waals surface area contributed by atoms with Crippen LogP contribution in [-0.4, -0.2) is 31.8 Å². The Hall–Kier alpha value is -1.66. The topological polar surface area (TPSA) is 80.5 Å². The minimum atomic E-state index is -3.74. The zero-order chi connectivity index (χ0) is 14.9. The lowest BCUT2D eigenvalue weighted by molar-refractivity contribution is 0.0762. The van der Waals surface area contributed by atoms with Crippen molar-refractivity contribution in [2.75, 3.05) is 6.54 Å². The second-order valence-corrected chi connectivity index (χ2v) is 6.56. The maximum absolute atomic E-state index is 12.5. The predicted molar refractivity (Wildman–Crippen MR) is 76.8 cm³/mol. The van der Waals surface area contributed by atoms with Crippen molar-refractivity contribution in [1.29, 1.82) is 0 Å². The number of aryl methyl sites for hydroxylation is 1. The van der Waals surface area contributed by atoms with E-state index in [0.717, 1.165) is 12.8 Å². The molecule has 1 aliphatic carbocycles. The number of carbonyl (C=O) groups is 1. The first-order valence-corrected chi connectivity index (χ1v) is 7.94. The van der Waals surface area contributed by atoms with Crippen LogP contribution in [0.25, 0.3) is 0 Å². The number of sulfonamides is 1. The van der Waals surface area contributed by atoms with Crippen molar-refractivity contribution in [3.05, 3.63) is 42.0 Å². The number of benzene rings is 1. The van der Waals surface area contributed by atoms with Crippen LogP contribution in [0.2, 0.25) is 0 Å². The SMILES string of the molecule is C=CCN(C(=O)c1ccc(S(N)(=O)=O)cc1C)C1CC1. The molecule has 0 bridgehead atoms. The van der Waals surface area contributed by atoms with Crippen molar-refractivity contribution >= 4 is 15.9 Å². The molecule has 1 fully saturated rings. The Morgan fingerprint density at radius 3 is 2.60 bits per heavy atom. The highest BCUT2D eigenvalue weighted by atomic mass is 32.2. The number of primary sulfonamides is 1. The lowest BCUT2D eigenvalue weighted by Gasteiger charge is -2.21. The van der Waals surface area contributed by atoms with E-state index < -0.39 is 10.0 Å². The zero-order valence-electron chi connectivity index (χ0n) is 11.4. The summed E-state index contributed by atoms with van der Waals surface area (Å²) in [6, 6.07) is 4.60. The Balaban J connectivity index is 2.32. The van der Waals surface area contributed by atoms with Gasteiger partial charge in [0.2, 0.25) is 10.0 Å². The van der Waals surface area contributed by atoms with E-state index in [1.807, 2.05) is 0 Å². The molecule has 0 saturated heterocycles. The van der Waals surface area contributed by atoms with Gasteiger partial charge in [0.1, 0.15) is 0 Å². The van der Waals surface area contributed by atoms with E-state index in [4.69, 9.17) is 5.14 Å². The molecular weight excluding hydrogens is 276 g/mol. The number of carbonyl (C=O) groups excluding carboxylic acids is 1. The van der Waals surface area contributed by atoms with Gasteiger partial charge < -0.3 is 4.90 Å². The first-order valence-electron chi connectivity index (χ1n) is 6.40. The lowest BCUT2D eigenvalue weighted by Crippen LogP contribution is -2.33. The molecule has 0 unspecified atom stereocenters. The molecular formula is C14H18N2O3S. The Labute approximate surface area is 119 Å². The maximum atomic E-state index is 12.5. The largest absolute Gasteiger partial charge is 0.332 e. The molecule has 1 amide bonds. The van der Waals surface area contributed by atoms with Crippen molar-refractivity contribution in [3.8, 4) is 0 Å². The summed E-state index contributed by atoms with van der Waals surface area (Å²) in [6.07, 6.45) is 3.71. The van der Waals surface area contributed by atoms with Crippen molar-refractivity contribution in [3.63, 3.8) is 0 Å². The highest BCUT2D eigenvalue weighted by Gasteiger charge is 2.32. The second kappa shape index (κ2) is 5.38. The number of rotatable bonds is 5. The summed E-state index contributed by atoms with van der Waals surface area (Å²) < 4.78 is 22.6. The normalized spacial score (nSPS) is 14.9. The van der Waals surface area contributed by atoms with E-state index >= 15 is 0 Å². The molecule has 0 aliphatic heterocycles. The van der Waals surface area contributed by atoms with E-state index in [9.17, 15) is 13.2 Å². The minimum Gasteiger partial charge on any atom is -0.332 e. The molecule has 1 aromatic carbocycles. The van der Waals surface area contributed by atoms with Gasteiger partial charge in [-0.15, -0.1) is 6.58 Å². The smallest absolute Gasteiger partial charge is 0.254 e. The minimum absolute atomic E-state index is 0.0215. The molecule has 1 aliphatic rings. The molecule has 20 heavy (non-hydrogen) atoms. The summed E-state index contributed by atoms with van der Waals surface area (Å²) in [4.78, 5) is 14.3. The van der Waals surface area contributed by atoms with Crippen LogP contribution in [0.3, 0.4) is 0 Å². The Bertz CT molecular complexity index is 648. The number of nitrogens with two attached hydrogens (primary N) is 1. The van der Waals surface area contributed by atoms with E-state index in [0.29, 0.717) is 17.7 Å². The third-order valence-electron chi connectivity index (χ3n) is 3.33. The second-order valence-electron chi connectivity index (χ2n) is 5.00. The first-order chi connectivity index (χ1) is 9.34. The van der Waals surface area contributed by atoms with Gasteiger partial charge in [0, 0.05) is 18.2 Å². The molecule has 0 aromatic heterocycles. The van der Waals surface area contributed by atoms with Crippen LogP contribution in [0.4, 0.5) is 0 Å². The van der Waals surface area contributed by atoms with Crippen LogP contribution < -0.4 is 5.14 Å². The highest BCUT2D eigenvalue weighted by Crippen LogP contribution is 2.29.